The summed E-state index contributed by atoms with van der Waals surface area (Å²) >= 11 is 5.74. The third-order valence-electron chi connectivity index (χ3n) is 2.60. The molecule has 0 aliphatic rings. The Kier molecular flexibility index (Phi) is 4.12. The van der Waals surface area contributed by atoms with E-state index in [-0.39, 0.29) is 18.1 Å². The highest BCUT2D eigenvalue weighted by atomic mass is 35.5. The molecule has 0 aliphatic carbocycles. The molecular weight excluding hydrogens is 267 g/mol. The van der Waals surface area contributed by atoms with E-state index in [0.29, 0.717) is 16.5 Å². The summed E-state index contributed by atoms with van der Waals surface area (Å²) in [5.74, 6) is -0.499. The van der Waals surface area contributed by atoms with Crippen molar-refractivity contribution >= 4 is 23.2 Å². The molecule has 1 aromatic carbocycles. The number of nitrogens with zero attached hydrogens (tertiary/aromatic N) is 1. The Hall–Kier alpha value is -1.94. The lowest BCUT2D eigenvalue weighted by atomic mass is 10.1. The highest BCUT2D eigenvalue weighted by molar-refractivity contribution is 6.29. The number of carbonyl (C=O) groups excluding carboxylic acids is 1. The van der Waals surface area contributed by atoms with Crippen molar-refractivity contribution in [2.24, 2.45) is 0 Å². The van der Waals surface area contributed by atoms with Gasteiger partial charge in [-0.2, -0.15) is 0 Å². The number of benzene rings is 1. The number of hydrogen-bond donors (Lipinski definition) is 1. The van der Waals surface area contributed by atoms with Crippen molar-refractivity contribution in [3.63, 3.8) is 0 Å². The van der Waals surface area contributed by atoms with Gasteiger partial charge in [-0.05, 0) is 36.8 Å². The Morgan fingerprint density at radius 3 is 2.58 bits per heavy atom. The molecule has 1 N–H and O–H groups in total. The van der Waals surface area contributed by atoms with Crippen molar-refractivity contribution in [1.29, 1.82) is 0 Å². The first kappa shape index (κ1) is 13.5. The standard InChI is InChI=1S/C14H12ClFN2O/c1-9-12(6-7-13(15)17-9)18-14(19)8-10-2-4-11(16)5-3-10/h2-7H,8H2,1H3,(H,18,19). The van der Waals surface area contributed by atoms with Gasteiger partial charge in [0, 0.05) is 0 Å². The van der Waals surface area contributed by atoms with Crippen LogP contribution in [-0.2, 0) is 11.2 Å². The predicted molar refractivity (Wildman–Crippen MR) is 72.7 cm³/mol. The van der Waals surface area contributed by atoms with E-state index < -0.39 is 0 Å². The molecule has 98 valence electrons. The van der Waals surface area contributed by atoms with Crippen LogP contribution in [0.1, 0.15) is 11.3 Å². The number of carbonyl (C=O) groups is 1. The van der Waals surface area contributed by atoms with Crippen molar-refractivity contribution in [2.45, 2.75) is 13.3 Å². The van der Waals surface area contributed by atoms with Crippen LogP contribution in [0.3, 0.4) is 0 Å². The zero-order valence-electron chi connectivity index (χ0n) is 10.3. The van der Waals surface area contributed by atoms with Crippen LogP contribution in [0.25, 0.3) is 0 Å². The normalized spacial score (nSPS) is 10.3. The average Bonchev–Trinajstić information content (AvgIpc) is 2.36. The average molecular weight is 279 g/mol. The first-order valence-corrected chi connectivity index (χ1v) is 6.10. The number of halogens is 2. The van der Waals surface area contributed by atoms with Gasteiger partial charge in [0.25, 0.3) is 0 Å². The fourth-order valence-corrected chi connectivity index (χ4v) is 1.83. The Balaban J connectivity index is 2.03. The molecule has 0 saturated heterocycles. The van der Waals surface area contributed by atoms with E-state index in [9.17, 15) is 9.18 Å². The van der Waals surface area contributed by atoms with Crippen LogP contribution < -0.4 is 5.32 Å². The van der Waals surface area contributed by atoms with E-state index in [1.54, 1.807) is 31.2 Å². The second-order valence-corrected chi connectivity index (χ2v) is 4.51. The maximum absolute atomic E-state index is 12.7. The topological polar surface area (TPSA) is 42.0 Å². The molecule has 0 atom stereocenters. The number of hydrogen-bond acceptors (Lipinski definition) is 2. The second-order valence-electron chi connectivity index (χ2n) is 4.12. The van der Waals surface area contributed by atoms with E-state index >= 15 is 0 Å². The molecular formula is C14H12ClFN2O. The third kappa shape index (κ3) is 3.76. The van der Waals surface area contributed by atoms with Gasteiger partial charge < -0.3 is 5.32 Å². The van der Waals surface area contributed by atoms with Crippen molar-refractivity contribution < 1.29 is 9.18 Å². The summed E-state index contributed by atoms with van der Waals surface area (Å²) in [6.07, 6.45) is 0.183. The molecule has 1 aromatic heterocycles. The zero-order chi connectivity index (χ0) is 13.8. The lowest BCUT2D eigenvalue weighted by Gasteiger charge is -2.08. The first-order chi connectivity index (χ1) is 9.04. The lowest BCUT2D eigenvalue weighted by molar-refractivity contribution is -0.115. The molecule has 5 heteroatoms. The molecule has 0 fully saturated rings. The summed E-state index contributed by atoms with van der Waals surface area (Å²) in [6.45, 7) is 1.76. The van der Waals surface area contributed by atoms with Crippen molar-refractivity contribution in [3.05, 3.63) is 58.6 Å². The van der Waals surface area contributed by atoms with Crippen LogP contribution in [0.15, 0.2) is 36.4 Å². The van der Waals surface area contributed by atoms with Gasteiger partial charge in [-0.1, -0.05) is 23.7 Å². The van der Waals surface area contributed by atoms with Gasteiger partial charge in [0.1, 0.15) is 11.0 Å². The number of amides is 1. The second kappa shape index (κ2) is 5.80. The van der Waals surface area contributed by atoms with Crippen LogP contribution in [0, 0.1) is 12.7 Å². The van der Waals surface area contributed by atoms with Crippen LogP contribution in [0.4, 0.5) is 10.1 Å². The number of aromatic nitrogens is 1. The van der Waals surface area contributed by atoms with Crippen molar-refractivity contribution in [1.82, 2.24) is 4.98 Å². The summed E-state index contributed by atoms with van der Waals surface area (Å²) < 4.78 is 12.7. The number of rotatable bonds is 3. The summed E-state index contributed by atoms with van der Waals surface area (Å²) in [4.78, 5) is 15.9. The van der Waals surface area contributed by atoms with Gasteiger partial charge >= 0.3 is 0 Å². The number of aryl methyl sites for hydroxylation is 1. The molecule has 1 amide bonds. The molecule has 0 unspecified atom stereocenters. The summed E-state index contributed by atoms with van der Waals surface area (Å²) in [5, 5.41) is 3.13. The molecule has 0 bridgehead atoms. The molecule has 3 nitrogen and oxygen atoms in total. The quantitative estimate of drug-likeness (QED) is 0.875. The molecule has 0 spiro atoms. The van der Waals surface area contributed by atoms with Gasteiger partial charge in [0.15, 0.2) is 0 Å². The van der Waals surface area contributed by atoms with Crippen LogP contribution in [0.2, 0.25) is 5.15 Å². The highest BCUT2D eigenvalue weighted by Crippen LogP contribution is 2.16. The number of anilines is 1. The van der Waals surface area contributed by atoms with E-state index in [2.05, 4.69) is 10.3 Å². The lowest BCUT2D eigenvalue weighted by Crippen LogP contribution is -2.15. The zero-order valence-corrected chi connectivity index (χ0v) is 11.0. The third-order valence-corrected chi connectivity index (χ3v) is 2.81. The van der Waals surface area contributed by atoms with E-state index in [1.807, 2.05) is 0 Å². The number of nitrogens with one attached hydrogen (secondary N) is 1. The molecule has 2 rings (SSSR count). The molecule has 1 heterocycles. The largest absolute Gasteiger partial charge is 0.324 e. The predicted octanol–water partition coefficient (Wildman–Crippen LogP) is 3.36. The van der Waals surface area contributed by atoms with Crippen molar-refractivity contribution in [3.8, 4) is 0 Å². The minimum absolute atomic E-state index is 0.182. The van der Waals surface area contributed by atoms with Crippen molar-refractivity contribution in [2.75, 3.05) is 5.32 Å². The minimum Gasteiger partial charge on any atom is -0.324 e. The Morgan fingerprint density at radius 1 is 1.26 bits per heavy atom. The van der Waals surface area contributed by atoms with Gasteiger partial charge in [-0.25, -0.2) is 9.37 Å². The van der Waals surface area contributed by atoms with Crippen LogP contribution in [-0.4, -0.2) is 10.9 Å². The Bertz CT molecular complexity index is 599. The van der Waals surface area contributed by atoms with Crippen LogP contribution in [0.5, 0.6) is 0 Å². The first-order valence-electron chi connectivity index (χ1n) is 5.72. The smallest absolute Gasteiger partial charge is 0.228 e. The molecule has 0 saturated carbocycles. The Labute approximate surface area is 115 Å². The van der Waals surface area contributed by atoms with Gasteiger partial charge in [-0.3, -0.25) is 4.79 Å². The van der Waals surface area contributed by atoms with E-state index in [0.717, 1.165) is 5.56 Å². The van der Waals surface area contributed by atoms with Gasteiger partial charge in [-0.15, -0.1) is 0 Å². The van der Waals surface area contributed by atoms with Crippen LogP contribution >= 0.6 is 11.6 Å². The number of pyridine rings is 1. The minimum atomic E-state index is -0.318. The monoisotopic (exact) mass is 278 g/mol. The fraction of sp³-hybridized carbons (Fsp3) is 0.143. The van der Waals surface area contributed by atoms with E-state index in [1.165, 1.54) is 12.1 Å². The maximum atomic E-state index is 12.7. The molecule has 0 radical (unpaired) electrons. The highest BCUT2D eigenvalue weighted by Gasteiger charge is 2.07. The molecule has 0 aliphatic heterocycles. The summed E-state index contributed by atoms with van der Waals surface area (Å²) in [5.41, 5.74) is 2.02. The fourth-order valence-electron chi connectivity index (χ4n) is 1.64. The molecule has 19 heavy (non-hydrogen) atoms. The van der Waals surface area contributed by atoms with E-state index in [4.69, 9.17) is 11.6 Å². The Morgan fingerprint density at radius 2 is 1.95 bits per heavy atom. The summed E-state index contributed by atoms with van der Waals surface area (Å²) in [7, 11) is 0. The maximum Gasteiger partial charge on any atom is 0.228 e. The van der Waals surface area contributed by atoms with Gasteiger partial charge in [0.05, 0.1) is 17.8 Å². The van der Waals surface area contributed by atoms with Gasteiger partial charge in [0.2, 0.25) is 5.91 Å². The summed E-state index contributed by atoms with van der Waals surface area (Å²) in [6, 6.07) is 9.15. The molecule has 2 aromatic rings. The SMILES string of the molecule is Cc1nc(Cl)ccc1NC(=O)Cc1ccc(F)cc1.